The third-order valence-corrected chi connectivity index (χ3v) is 8.43. The minimum atomic E-state index is -3.78. The molecule has 2 aromatic rings. The first-order valence-electron chi connectivity index (χ1n) is 12.3. The van der Waals surface area contributed by atoms with Crippen molar-refractivity contribution < 1.29 is 37.4 Å². The highest BCUT2D eigenvalue weighted by Gasteiger charge is 2.34. The van der Waals surface area contributed by atoms with Crippen molar-refractivity contribution in [3.05, 3.63) is 59.7 Å². The average molecular weight is 531 g/mol. The van der Waals surface area contributed by atoms with Crippen LogP contribution in [-0.4, -0.2) is 48.8 Å². The summed E-state index contributed by atoms with van der Waals surface area (Å²) >= 11 is 0. The summed E-state index contributed by atoms with van der Waals surface area (Å²) in [6.45, 7) is 0.000377. The Morgan fingerprint density at radius 1 is 1.08 bits per heavy atom. The van der Waals surface area contributed by atoms with Crippen LogP contribution < -0.4 is 14.8 Å². The molecule has 1 amide bonds. The number of hydrogen-bond donors (Lipinski definition) is 3. The van der Waals surface area contributed by atoms with Crippen molar-refractivity contribution in [1.29, 1.82) is 0 Å². The summed E-state index contributed by atoms with van der Waals surface area (Å²) in [7, 11) is -3.78. The summed E-state index contributed by atoms with van der Waals surface area (Å²) in [6.07, 6.45) is 2.07. The van der Waals surface area contributed by atoms with Crippen LogP contribution in [0.25, 0.3) is 0 Å². The summed E-state index contributed by atoms with van der Waals surface area (Å²) < 4.78 is 39.8. The lowest BCUT2D eigenvalue weighted by Crippen LogP contribution is -2.47. The first-order valence-corrected chi connectivity index (χ1v) is 13.8. The standard InChI is InChI=1S/C26H30N2O8S/c29-24(30)15-23-25(31)27-20-13-18(11-12-22(20)36-23)14-21(26(32)35-16-17-7-3-1-4-8-17)28-37(33,34)19-9-5-2-6-10-19/h1,3-4,7-8,11-13,19,21,23,28H,2,5-6,9-10,14-16H2,(H,27,31)(H,29,30)/t21-,23?/m0/s1. The number of benzene rings is 2. The Hall–Kier alpha value is -3.44. The van der Waals surface area contributed by atoms with E-state index in [0.717, 1.165) is 24.8 Å². The molecule has 1 fully saturated rings. The van der Waals surface area contributed by atoms with Gasteiger partial charge in [-0.1, -0.05) is 55.7 Å². The minimum absolute atomic E-state index is 0.000377. The summed E-state index contributed by atoms with van der Waals surface area (Å²) in [4.78, 5) is 36.3. The van der Waals surface area contributed by atoms with Gasteiger partial charge in [-0.2, -0.15) is 0 Å². The van der Waals surface area contributed by atoms with Gasteiger partial charge in [0.15, 0.2) is 6.10 Å². The van der Waals surface area contributed by atoms with Gasteiger partial charge in [-0.25, -0.2) is 13.1 Å². The van der Waals surface area contributed by atoms with E-state index in [1.54, 1.807) is 30.3 Å². The lowest BCUT2D eigenvalue weighted by Gasteiger charge is -2.27. The Balaban J connectivity index is 1.51. The van der Waals surface area contributed by atoms with Gasteiger partial charge in [0.05, 0.1) is 17.4 Å². The molecule has 1 aliphatic heterocycles. The Morgan fingerprint density at radius 3 is 2.51 bits per heavy atom. The molecule has 0 radical (unpaired) electrons. The van der Waals surface area contributed by atoms with E-state index in [1.165, 1.54) is 0 Å². The second-order valence-electron chi connectivity index (χ2n) is 9.30. The van der Waals surface area contributed by atoms with Crippen LogP contribution in [0.2, 0.25) is 0 Å². The van der Waals surface area contributed by atoms with E-state index in [2.05, 4.69) is 10.0 Å². The highest BCUT2D eigenvalue weighted by Crippen LogP contribution is 2.32. The monoisotopic (exact) mass is 530 g/mol. The van der Waals surface area contributed by atoms with Gasteiger partial charge >= 0.3 is 11.9 Å². The van der Waals surface area contributed by atoms with E-state index in [1.807, 2.05) is 18.2 Å². The number of carboxylic acids is 1. The zero-order valence-electron chi connectivity index (χ0n) is 20.2. The average Bonchev–Trinajstić information content (AvgIpc) is 2.88. The third kappa shape index (κ3) is 7.07. The second kappa shape index (κ2) is 11.7. The number of esters is 1. The predicted molar refractivity (Wildman–Crippen MR) is 134 cm³/mol. The molecule has 1 heterocycles. The van der Waals surface area contributed by atoms with Gasteiger partial charge in [0.2, 0.25) is 10.0 Å². The smallest absolute Gasteiger partial charge is 0.324 e. The summed E-state index contributed by atoms with van der Waals surface area (Å²) in [5, 5.41) is 11.0. The number of amides is 1. The maximum Gasteiger partial charge on any atom is 0.324 e. The largest absolute Gasteiger partial charge is 0.481 e. The van der Waals surface area contributed by atoms with Crippen LogP contribution in [0.5, 0.6) is 5.75 Å². The fraction of sp³-hybridized carbons (Fsp3) is 0.423. The van der Waals surface area contributed by atoms with Crippen molar-refractivity contribution in [2.75, 3.05) is 5.32 Å². The number of rotatable bonds is 10. The molecule has 1 unspecified atom stereocenters. The van der Waals surface area contributed by atoms with E-state index in [-0.39, 0.29) is 13.0 Å². The number of sulfonamides is 1. The summed E-state index contributed by atoms with van der Waals surface area (Å²) in [6, 6.07) is 12.7. The Kier molecular flexibility index (Phi) is 8.45. The highest BCUT2D eigenvalue weighted by atomic mass is 32.2. The molecular formula is C26H30N2O8S. The molecule has 3 N–H and O–H groups in total. The molecule has 2 atom stereocenters. The Labute approximate surface area is 215 Å². The number of hydrogen-bond acceptors (Lipinski definition) is 7. The fourth-order valence-corrected chi connectivity index (χ4v) is 6.25. The van der Waals surface area contributed by atoms with Crippen molar-refractivity contribution in [3.63, 3.8) is 0 Å². The fourth-order valence-electron chi connectivity index (χ4n) is 4.53. The van der Waals surface area contributed by atoms with Crippen LogP contribution in [0.4, 0.5) is 5.69 Å². The number of carbonyl (C=O) groups is 3. The summed E-state index contributed by atoms with van der Waals surface area (Å²) in [5.41, 5.74) is 1.65. The lowest BCUT2D eigenvalue weighted by molar-refractivity contribution is -0.147. The Bertz CT molecular complexity index is 1240. The SMILES string of the molecule is O=C(O)CC1Oc2ccc(C[C@H](NS(=O)(=O)C3CCCCC3)C(=O)OCc3ccccc3)cc2NC1=O. The maximum absolute atomic E-state index is 13.1. The number of fused-ring (bicyclic) bond motifs is 1. The molecule has 2 aromatic carbocycles. The van der Waals surface area contributed by atoms with Gasteiger partial charge in [0.25, 0.3) is 5.91 Å². The molecule has 37 heavy (non-hydrogen) atoms. The summed E-state index contributed by atoms with van der Waals surface area (Å²) in [5.74, 6) is -2.17. The normalized spacial score (nSPS) is 18.7. The molecule has 4 rings (SSSR count). The van der Waals surface area contributed by atoms with Gasteiger partial charge in [-0.3, -0.25) is 14.4 Å². The molecule has 198 valence electrons. The number of ether oxygens (including phenoxy) is 2. The molecule has 0 bridgehead atoms. The molecule has 0 aromatic heterocycles. The lowest BCUT2D eigenvalue weighted by atomic mass is 10.0. The number of carbonyl (C=O) groups excluding carboxylic acids is 2. The molecule has 2 aliphatic rings. The van der Waals surface area contributed by atoms with E-state index < -0.39 is 51.7 Å². The van der Waals surface area contributed by atoms with Crippen LogP contribution in [-0.2, 0) is 42.2 Å². The van der Waals surface area contributed by atoms with Gasteiger partial charge < -0.3 is 19.9 Å². The topological polar surface area (TPSA) is 148 Å². The second-order valence-corrected chi connectivity index (χ2v) is 11.3. The van der Waals surface area contributed by atoms with Gasteiger partial charge in [0, 0.05) is 0 Å². The third-order valence-electron chi connectivity index (χ3n) is 6.47. The van der Waals surface area contributed by atoms with Crippen LogP contribution >= 0.6 is 0 Å². The van der Waals surface area contributed by atoms with Crippen molar-refractivity contribution in [3.8, 4) is 5.75 Å². The number of anilines is 1. The molecular weight excluding hydrogens is 500 g/mol. The molecule has 0 spiro atoms. The first-order chi connectivity index (χ1) is 17.7. The van der Waals surface area contributed by atoms with Gasteiger partial charge in [-0.05, 0) is 42.5 Å². The van der Waals surface area contributed by atoms with Crippen molar-refractivity contribution in [1.82, 2.24) is 4.72 Å². The zero-order chi connectivity index (χ0) is 26.4. The first kappa shape index (κ1) is 26.6. The molecule has 0 saturated heterocycles. The Morgan fingerprint density at radius 2 is 1.81 bits per heavy atom. The predicted octanol–water partition coefficient (Wildman–Crippen LogP) is 2.77. The van der Waals surface area contributed by atoms with E-state index in [9.17, 15) is 22.8 Å². The van der Waals surface area contributed by atoms with E-state index >= 15 is 0 Å². The van der Waals surface area contributed by atoms with Gasteiger partial charge in [-0.15, -0.1) is 0 Å². The molecule has 1 aliphatic carbocycles. The highest BCUT2D eigenvalue weighted by molar-refractivity contribution is 7.90. The number of nitrogens with one attached hydrogen (secondary N) is 2. The van der Waals surface area contributed by atoms with Crippen LogP contribution in [0, 0.1) is 0 Å². The van der Waals surface area contributed by atoms with Crippen molar-refractivity contribution in [2.45, 2.75) is 68.9 Å². The zero-order valence-corrected chi connectivity index (χ0v) is 21.0. The van der Waals surface area contributed by atoms with Gasteiger partial charge in [0.1, 0.15) is 18.4 Å². The molecule has 11 heteroatoms. The number of carboxylic acid groups (broad SMARTS) is 1. The van der Waals surface area contributed by atoms with Crippen LogP contribution in [0.15, 0.2) is 48.5 Å². The van der Waals surface area contributed by atoms with Crippen molar-refractivity contribution >= 4 is 33.6 Å². The molecule has 10 nitrogen and oxygen atoms in total. The van der Waals surface area contributed by atoms with Crippen molar-refractivity contribution in [2.24, 2.45) is 0 Å². The maximum atomic E-state index is 13.1. The molecule has 1 saturated carbocycles. The van der Waals surface area contributed by atoms with E-state index in [4.69, 9.17) is 14.6 Å². The van der Waals surface area contributed by atoms with Crippen LogP contribution in [0.1, 0.15) is 49.7 Å². The minimum Gasteiger partial charge on any atom is -0.481 e. The van der Waals surface area contributed by atoms with Crippen LogP contribution in [0.3, 0.4) is 0 Å². The van der Waals surface area contributed by atoms with E-state index in [0.29, 0.717) is 29.8 Å². The number of aliphatic carboxylic acids is 1. The quantitative estimate of drug-likeness (QED) is 0.397.